The second-order valence-electron chi connectivity index (χ2n) is 3.66. The second-order valence-corrected chi connectivity index (χ2v) is 5.41. The van der Waals surface area contributed by atoms with Crippen LogP contribution in [0.1, 0.15) is 11.1 Å². The van der Waals surface area contributed by atoms with E-state index >= 15 is 0 Å². The van der Waals surface area contributed by atoms with Crippen molar-refractivity contribution >= 4 is 22.0 Å². The average Bonchev–Trinajstić information content (AvgIpc) is 2.23. The lowest BCUT2D eigenvalue weighted by Gasteiger charge is -2.09. The Bertz CT molecular complexity index is 606. The van der Waals surface area contributed by atoms with Gasteiger partial charge < -0.3 is 0 Å². The monoisotopic (exact) mass is 293 g/mol. The molecule has 104 valence electrons. The van der Waals surface area contributed by atoms with Crippen molar-refractivity contribution < 1.29 is 26.4 Å². The van der Waals surface area contributed by atoms with Gasteiger partial charge in [0, 0.05) is 6.08 Å². The van der Waals surface area contributed by atoms with E-state index in [2.05, 4.69) is 0 Å². The van der Waals surface area contributed by atoms with E-state index < -0.39 is 27.7 Å². The summed E-state index contributed by atoms with van der Waals surface area (Å²) in [6.45, 7) is 0. The van der Waals surface area contributed by atoms with Gasteiger partial charge in [0.15, 0.2) is 0 Å². The lowest BCUT2D eigenvalue weighted by atomic mass is 10.1. The van der Waals surface area contributed by atoms with Crippen LogP contribution in [-0.2, 0) is 21.0 Å². The van der Waals surface area contributed by atoms with E-state index in [4.69, 9.17) is 0 Å². The van der Waals surface area contributed by atoms with Crippen molar-refractivity contribution in [3.63, 3.8) is 0 Å². The zero-order valence-corrected chi connectivity index (χ0v) is 10.5. The predicted octanol–water partition coefficient (Wildman–Crippen LogP) is 1.79. The van der Waals surface area contributed by atoms with Crippen LogP contribution in [-0.4, -0.2) is 20.6 Å². The first kappa shape index (κ1) is 15.2. The largest absolute Gasteiger partial charge is 0.416 e. The zero-order chi connectivity index (χ0) is 14.7. The van der Waals surface area contributed by atoms with Crippen LogP contribution in [0.5, 0.6) is 0 Å². The number of rotatable bonds is 3. The summed E-state index contributed by atoms with van der Waals surface area (Å²) >= 11 is 0. The maximum atomic E-state index is 12.6. The van der Waals surface area contributed by atoms with Crippen LogP contribution in [0.25, 0.3) is 6.08 Å². The molecule has 1 rings (SSSR count). The second kappa shape index (κ2) is 5.43. The third-order valence-electron chi connectivity index (χ3n) is 1.97. The highest BCUT2D eigenvalue weighted by Crippen LogP contribution is 2.32. The van der Waals surface area contributed by atoms with E-state index in [0.717, 1.165) is 24.5 Å². The SMILES string of the molecule is CS(=O)(=O)NC(=O)/C=C/c1ccccc1C(F)(F)F. The number of alkyl halides is 3. The molecule has 0 saturated carbocycles. The number of nitrogens with one attached hydrogen (secondary N) is 1. The fourth-order valence-electron chi connectivity index (χ4n) is 1.28. The predicted molar refractivity (Wildman–Crippen MR) is 63.5 cm³/mol. The van der Waals surface area contributed by atoms with Crippen LogP contribution in [0.3, 0.4) is 0 Å². The molecule has 0 spiro atoms. The number of sulfonamides is 1. The van der Waals surface area contributed by atoms with E-state index in [1.165, 1.54) is 18.2 Å². The van der Waals surface area contributed by atoms with Gasteiger partial charge in [-0.2, -0.15) is 13.2 Å². The van der Waals surface area contributed by atoms with Gasteiger partial charge in [-0.15, -0.1) is 0 Å². The maximum absolute atomic E-state index is 12.6. The molecular weight excluding hydrogens is 283 g/mol. The minimum atomic E-state index is -4.55. The van der Waals surface area contributed by atoms with Crippen molar-refractivity contribution in [3.8, 4) is 0 Å². The molecule has 0 heterocycles. The molecule has 1 amide bonds. The van der Waals surface area contributed by atoms with E-state index in [0.29, 0.717) is 0 Å². The molecule has 0 bridgehead atoms. The summed E-state index contributed by atoms with van der Waals surface area (Å²) < 4.78 is 60.9. The Morgan fingerprint density at radius 1 is 1.26 bits per heavy atom. The molecule has 0 fully saturated rings. The summed E-state index contributed by atoms with van der Waals surface area (Å²) in [5.74, 6) is -1.01. The van der Waals surface area contributed by atoms with Crippen LogP contribution in [0, 0.1) is 0 Å². The Kier molecular flexibility index (Phi) is 4.35. The number of benzene rings is 1. The van der Waals surface area contributed by atoms with Gasteiger partial charge in [0.05, 0.1) is 11.8 Å². The van der Waals surface area contributed by atoms with Crippen LogP contribution in [0.4, 0.5) is 13.2 Å². The molecule has 8 heteroatoms. The molecule has 0 atom stereocenters. The number of amides is 1. The molecule has 1 N–H and O–H groups in total. The van der Waals surface area contributed by atoms with Crippen molar-refractivity contribution in [1.29, 1.82) is 0 Å². The van der Waals surface area contributed by atoms with Gasteiger partial charge in [-0.3, -0.25) is 4.79 Å². The van der Waals surface area contributed by atoms with Crippen molar-refractivity contribution in [2.75, 3.05) is 6.26 Å². The zero-order valence-electron chi connectivity index (χ0n) is 9.73. The molecule has 4 nitrogen and oxygen atoms in total. The fourth-order valence-corrected chi connectivity index (χ4v) is 1.72. The molecule has 0 radical (unpaired) electrons. The first-order valence-corrected chi connectivity index (χ1v) is 6.85. The van der Waals surface area contributed by atoms with E-state index in [9.17, 15) is 26.4 Å². The Balaban J connectivity index is 2.98. The van der Waals surface area contributed by atoms with E-state index in [1.807, 2.05) is 0 Å². The Morgan fingerprint density at radius 3 is 2.37 bits per heavy atom. The van der Waals surface area contributed by atoms with E-state index in [-0.39, 0.29) is 5.56 Å². The molecule has 0 saturated heterocycles. The Labute approximate surface area is 108 Å². The van der Waals surface area contributed by atoms with E-state index in [1.54, 1.807) is 4.72 Å². The lowest BCUT2D eigenvalue weighted by Crippen LogP contribution is -2.27. The van der Waals surface area contributed by atoms with Crippen LogP contribution in [0.2, 0.25) is 0 Å². The third-order valence-corrected chi connectivity index (χ3v) is 2.54. The highest BCUT2D eigenvalue weighted by molar-refractivity contribution is 7.89. The normalized spacial score (nSPS) is 12.6. The number of hydrogen-bond acceptors (Lipinski definition) is 3. The molecule has 0 aliphatic carbocycles. The number of halogens is 3. The summed E-state index contributed by atoms with van der Waals surface area (Å²) in [4.78, 5) is 11.1. The lowest BCUT2D eigenvalue weighted by molar-refractivity contribution is -0.137. The standard InChI is InChI=1S/C11H10F3NO3S/c1-19(17,18)15-10(16)7-6-8-4-2-3-5-9(8)11(12,13)14/h2-7H,1H3,(H,15,16)/b7-6+. The topological polar surface area (TPSA) is 63.2 Å². The molecule has 0 aromatic heterocycles. The molecule has 1 aromatic carbocycles. The average molecular weight is 293 g/mol. The molecule has 0 aliphatic heterocycles. The van der Waals surface area contributed by atoms with Gasteiger partial charge in [-0.05, 0) is 17.7 Å². The van der Waals surface area contributed by atoms with Crippen LogP contribution >= 0.6 is 0 Å². The summed E-state index contributed by atoms with van der Waals surface area (Å²) in [6, 6.07) is 4.64. The summed E-state index contributed by atoms with van der Waals surface area (Å²) in [5.41, 5.74) is -1.13. The molecular formula is C11H10F3NO3S. The minimum absolute atomic E-state index is 0.223. The number of hydrogen-bond donors (Lipinski definition) is 1. The van der Waals surface area contributed by atoms with Crippen molar-refractivity contribution in [2.45, 2.75) is 6.18 Å². The third kappa shape index (κ3) is 5.12. The molecule has 1 aromatic rings. The van der Waals surface area contributed by atoms with Gasteiger partial charge >= 0.3 is 6.18 Å². The number of carbonyl (C=O) groups is 1. The Morgan fingerprint density at radius 2 is 1.84 bits per heavy atom. The highest BCUT2D eigenvalue weighted by Gasteiger charge is 2.32. The van der Waals surface area contributed by atoms with Gasteiger partial charge in [-0.25, -0.2) is 13.1 Å². The van der Waals surface area contributed by atoms with Crippen LogP contribution < -0.4 is 4.72 Å². The van der Waals surface area contributed by atoms with Gasteiger partial charge in [0.25, 0.3) is 5.91 Å². The quantitative estimate of drug-likeness (QED) is 0.864. The number of carbonyl (C=O) groups excluding carboxylic acids is 1. The smallest absolute Gasteiger partial charge is 0.269 e. The van der Waals surface area contributed by atoms with Crippen LogP contribution in [0.15, 0.2) is 30.3 Å². The fraction of sp³-hybridized carbons (Fsp3) is 0.182. The van der Waals surface area contributed by atoms with Crippen molar-refractivity contribution in [3.05, 3.63) is 41.5 Å². The highest BCUT2D eigenvalue weighted by atomic mass is 32.2. The van der Waals surface area contributed by atoms with Gasteiger partial charge in [0.2, 0.25) is 10.0 Å². The summed E-state index contributed by atoms with van der Waals surface area (Å²) in [5, 5.41) is 0. The van der Waals surface area contributed by atoms with Gasteiger partial charge in [0.1, 0.15) is 0 Å². The molecule has 19 heavy (non-hydrogen) atoms. The van der Waals surface area contributed by atoms with Crippen molar-refractivity contribution in [2.24, 2.45) is 0 Å². The van der Waals surface area contributed by atoms with Crippen molar-refractivity contribution in [1.82, 2.24) is 4.72 Å². The minimum Gasteiger partial charge on any atom is -0.269 e. The maximum Gasteiger partial charge on any atom is 0.416 e. The molecule has 0 unspecified atom stereocenters. The first-order chi connectivity index (χ1) is 8.59. The first-order valence-electron chi connectivity index (χ1n) is 4.95. The summed E-state index contributed by atoms with van der Waals surface area (Å²) in [6.07, 6.45) is -2.15. The van der Waals surface area contributed by atoms with Gasteiger partial charge in [-0.1, -0.05) is 18.2 Å². The Hall–Kier alpha value is -1.83. The summed E-state index contributed by atoms with van der Waals surface area (Å²) in [7, 11) is -3.74. The molecule has 0 aliphatic rings.